The quantitative estimate of drug-likeness (QED) is 0.920. The van der Waals surface area contributed by atoms with E-state index >= 15 is 0 Å². The van der Waals surface area contributed by atoms with E-state index in [0.717, 1.165) is 4.47 Å². The molecule has 0 aliphatic carbocycles. The summed E-state index contributed by atoms with van der Waals surface area (Å²) in [5, 5.41) is 2.74. The second-order valence-electron chi connectivity index (χ2n) is 4.36. The van der Waals surface area contributed by atoms with Gasteiger partial charge < -0.3 is 19.5 Å². The molecular weight excluding hydrogens is 338 g/mol. The average Bonchev–Trinajstić information content (AvgIpc) is 2.94. The van der Waals surface area contributed by atoms with Crippen molar-refractivity contribution in [1.29, 1.82) is 0 Å². The monoisotopic (exact) mass is 349 g/mol. The van der Waals surface area contributed by atoms with Crippen LogP contribution in [0.4, 0.5) is 5.69 Å². The van der Waals surface area contributed by atoms with Crippen LogP contribution in [0.1, 0.15) is 0 Å². The van der Waals surface area contributed by atoms with Crippen LogP contribution in [0, 0.1) is 0 Å². The summed E-state index contributed by atoms with van der Waals surface area (Å²) in [6.45, 7) is 0.148. The minimum atomic E-state index is -0.239. The third-order valence-corrected chi connectivity index (χ3v) is 3.37. The molecule has 0 saturated carbocycles. The zero-order chi connectivity index (χ0) is 14.7. The fraction of sp³-hybridized carbons (Fsp3) is 0.133. The molecule has 2 aromatic rings. The van der Waals surface area contributed by atoms with Crippen LogP contribution in [-0.2, 0) is 4.79 Å². The Morgan fingerprint density at radius 2 is 1.90 bits per heavy atom. The number of hydrogen-bond donors (Lipinski definition) is 1. The van der Waals surface area contributed by atoms with Gasteiger partial charge in [0, 0.05) is 16.2 Å². The summed E-state index contributed by atoms with van der Waals surface area (Å²) in [5.41, 5.74) is 0.642. The molecule has 0 bridgehead atoms. The molecule has 21 heavy (non-hydrogen) atoms. The predicted octanol–water partition coefficient (Wildman–Crippen LogP) is 3.20. The van der Waals surface area contributed by atoms with Crippen molar-refractivity contribution in [3.05, 3.63) is 46.9 Å². The smallest absolute Gasteiger partial charge is 0.262 e. The van der Waals surface area contributed by atoms with Gasteiger partial charge >= 0.3 is 0 Å². The highest BCUT2D eigenvalue weighted by Crippen LogP contribution is 2.34. The minimum Gasteiger partial charge on any atom is -0.484 e. The Kier molecular flexibility index (Phi) is 3.96. The van der Waals surface area contributed by atoms with Crippen LogP contribution in [0.25, 0.3) is 0 Å². The Labute approximate surface area is 129 Å². The fourth-order valence-corrected chi connectivity index (χ4v) is 2.12. The molecule has 5 nitrogen and oxygen atoms in total. The molecule has 1 N–H and O–H groups in total. The molecule has 2 aromatic carbocycles. The fourth-order valence-electron chi connectivity index (χ4n) is 1.85. The van der Waals surface area contributed by atoms with E-state index in [1.165, 1.54) is 0 Å². The van der Waals surface area contributed by atoms with Crippen molar-refractivity contribution in [1.82, 2.24) is 0 Å². The van der Waals surface area contributed by atoms with E-state index < -0.39 is 0 Å². The number of fused-ring (bicyclic) bond motifs is 1. The maximum atomic E-state index is 11.8. The summed E-state index contributed by atoms with van der Waals surface area (Å²) in [7, 11) is 0. The Hall–Kier alpha value is -2.21. The highest BCUT2D eigenvalue weighted by molar-refractivity contribution is 9.10. The van der Waals surface area contributed by atoms with Gasteiger partial charge in [0.05, 0.1) is 0 Å². The summed E-state index contributed by atoms with van der Waals surface area (Å²) in [6.07, 6.45) is 0. The van der Waals surface area contributed by atoms with Crippen molar-refractivity contribution in [2.75, 3.05) is 18.7 Å². The third kappa shape index (κ3) is 3.46. The van der Waals surface area contributed by atoms with Crippen LogP contribution >= 0.6 is 15.9 Å². The first-order valence-corrected chi connectivity index (χ1v) is 7.08. The van der Waals surface area contributed by atoms with Crippen LogP contribution in [0.15, 0.2) is 46.9 Å². The summed E-state index contributed by atoms with van der Waals surface area (Å²) in [4.78, 5) is 11.8. The molecular formula is C15H12BrNO4. The van der Waals surface area contributed by atoms with Gasteiger partial charge in [0.2, 0.25) is 6.79 Å². The Morgan fingerprint density at radius 3 is 2.71 bits per heavy atom. The van der Waals surface area contributed by atoms with E-state index in [0.29, 0.717) is 22.9 Å². The van der Waals surface area contributed by atoms with Gasteiger partial charge in [0.1, 0.15) is 5.75 Å². The van der Waals surface area contributed by atoms with E-state index in [9.17, 15) is 4.79 Å². The summed E-state index contributed by atoms with van der Waals surface area (Å²) < 4.78 is 16.8. The van der Waals surface area contributed by atoms with Crippen LogP contribution in [0.3, 0.4) is 0 Å². The predicted molar refractivity (Wildman–Crippen MR) is 80.8 cm³/mol. The highest BCUT2D eigenvalue weighted by atomic mass is 79.9. The first-order valence-electron chi connectivity index (χ1n) is 6.28. The summed E-state index contributed by atoms with van der Waals surface area (Å²) >= 11 is 3.34. The number of carbonyl (C=O) groups excluding carboxylic acids is 1. The van der Waals surface area contributed by atoms with Gasteiger partial charge in [-0.15, -0.1) is 0 Å². The van der Waals surface area contributed by atoms with Crippen molar-refractivity contribution in [3.63, 3.8) is 0 Å². The van der Waals surface area contributed by atoms with Crippen molar-refractivity contribution in [2.24, 2.45) is 0 Å². The van der Waals surface area contributed by atoms with E-state index in [2.05, 4.69) is 21.2 Å². The van der Waals surface area contributed by atoms with Crippen molar-refractivity contribution >= 4 is 27.5 Å². The second kappa shape index (κ2) is 6.05. The summed E-state index contributed by atoms with van der Waals surface area (Å²) in [6, 6.07) is 12.5. The standard InChI is InChI=1S/C15H12BrNO4/c16-10-1-4-12(5-2-10)19-8-15(18)17-11-3-6-13-14(7-11)21-9-20-13/h1-7H,8-9H2,(H,17,18). The van der Waals surface area contributed by atoms with E-state index in [4.69, 9.17) is 14.2 Å². The number of carbonyl (C=O) groups is 1. The molecule has 0 fully saturated rings. The first kappa shape index (κ1) is 13.8. The normalized spacial score (nSPS) is 12.0. The second-order valence-corrected chi connectivity index (χ2v) is 5.27. The van der Waals surface area contributed by atoms with Gasteiger partial charge in [-0.25, -0.2) is 0 Å². The number of amides is 1. The minimum absolute atomic E-state index is 0.0595. The Bertz CT molecular complexity index is 657. The van der Waals surface area contributed by atoms with Gasteiger partial charge in [-0.2, -0.15) is 0 Å². The average molecular weight is 350 g/mol. The van der Waals surface area contributed by atoms with Crippen LogP contribution < -0.4 is 19.5 Å². The zero-order valence-corrected chi connectivity index (χ0v) is 12.6. The largest absolute Gasteiger partial charge is 0.484 e. The van der Waals surface area contributed by atoms with Gasteiger partial charge in [-0.05, 0) is 36.4 Å². The van der Waals surface area contributed by atoms with Crippen LogP contribution in [0.2, 0.25) is 0 Å². The molecule has 0 unspecified atom stereocenters. The number of ether oxygens (including phenoxy) is 3. The van der Waals surface area contributed by atoms with Gasteiger partial charge in [0.25, 0.3) is 5.91 Å². The van der Waals surface area contributed by atoms with Crippen molar-refractivity contribution in [2.45, 2.75) is 0 Å². The lowest BCUT2D eigenvalue weighted by Crippen LogP contribution is -2.20. The number of nitrogens with one attached hydrogen (secondary N) is 1. The first-order chi connectivity index (χ1) is 10.2. The van der Waals surface area contributed by atoms with E-state index in [1.807, 2.05) is 12.1 Å². The molecule has 1 aliphatic rings. The number of halogens is 1. The Balaban J connectivity index is 1.55. The summed E-state index contributed by atoms with van der Waals surface area (Å²) in [5.74, 6) is 1.71. The molecule has 0 aromatic heterocycles. The number of benzene rings is 2. The maximum absolute atomic E-state index is 11.8. The molecule has 0 radical (unpaired) electrons. The van der Waals surface area contributed by atoms with Gasteiger partial charge in [-0.3, -0.25) is 4.79 Å². The maximum Gasteiger partial charge on any atom is 0.262 e. The topological polar surface area (TPSA) is 56.8 Å². The lowest BCUT2D eigenvalue weighted by Gasteiger charge is -2.08. The third-order valence-electron chi connectivity index (χ3n) is 2.84. The molecule has 0 saturated heterocycles. The molecule has 0 spiro atoms. The lowest BCUT2D eigenvalue weighted by molar-refractivity contribution is -0.118. The molecule has 3 rings (SSSR count). The van der Waals surface area contributed by atoms with Gasteiger partial charge in [-0.1, -0.05) is 15.9 Å². The number of rotatable bonds is 4. The molecule has 1 amide bonds. The molecule has 1 aliphatic heterocycles. The lowest BCUT2D eigenvalue weighted by atomic mass is 10.3. The number of anilines is 1. The van der Waals surface area contributed by atoms with Crippen LogP contribution in [0.5, 0.6) is 17.2 Å². The van der Waals surface area contributed by atoms with Gasteiger partial charge in [0.15, 0.2) is 18.1 Å². The Morgan fingerprint density at radius 1 is 1.14 bits per heavy atom. The zero-order valence-electron chi connectivity index (χ0n) is 11.0. The number of hydrogen-bond acceptors (Lipinski definition) is 4. The van der Waals surface area contributed by atoms with Crippen LogP contribution in [-0.4, -0.2) is 19.3 Å². The van der Waals surface area contributed by atoms with E-state index in [1.54, 1.807) is 30.3 Å². The SMILES string of the molecule is O=C(COc1ccc(Br)cc1)Nc1ccc2c(c1)OCO2. The molecule has 108 valence electrons. The molecule has 1 heterocycles. The van der Waals surface area contributed by atoms with Crippen molar-refractivity contribution < 1.29 is 19.0 Å². The van der Waals surface area contributed by atoms with E-state index in [-0.39, 0.29) is 19.3 Å². The molecule has 0 atom stereocenters. The molecule has 6 heteroatoms. The van der Waals surface area contributed by atoms with Crippen molar-refractivity contribution in [3.8, 4) is 17.2 Å². The highest BCUT2D eigenvalue weighted by Gasteiger charge is 2.14.